The van der Waals surface area contributed by atoms with Crippen molar-refractivity contribution in [2.45, 2.75) is 19.1 Å². The molecule has 0 radical (unpaired) electrons. The van der Waals surface area contributed by atoms with Crippen LogP contribution in [0.15, 0.2) is 53.9 Å². The van der Waals surface area contributed by atoms with Gasteiger partial charge in [0.1, 0.15) is 18.5 Å². The molecule has 1 aromatic carbocycles. The maximum Gasteiger partial charge on any atom is 0.414 e. The number of hydrogen-bond donors (Lipinski definition) is 1. The van der Waals surface area contributed by atoms with Gasteiger partial charge in [0.15, 0.2) is 0 Å². The van der Waals surface area contributed by atoms with E-state index in [2.05, 4.69) is 25.6 Å². The number of pyridine rings is 1. The van der Waals surface area contributed by atoms with Crippen LogP contribution in [-0.4, -0.2) is 90.4 Å². The van der Waals surface area contributed by atoms with Crippen molar-refractivity contribution in [3.8, 4) is 11.1 Å². The minimum atomic E-state index is -0.536. The zero-order chi connectivity index (χ0) is 27.9. The van der Waals surface area contributed by atoms with Crippen molar-refractivity contribution >= 4 is 23.5 Å². The Labute approximate surface area is 230 Å². The van der Waals surface area contributed by atoms with Crippen LogP contribution < -0.4 is 10.2 Å². The number of aromatic nitrogens is 4. The van der Waals surface area contributed by atoms with Crippen LogP contribution in [0, 0.1) is 11.7 Å². The molecule has 2 aromatic heterocycles. The quantitative estimate of drug-likeness (QED) is 0.265. The molecule has 0 bridgehead atoms. The Balaban J connectivity index is 1.14. The Morgan fingerprint density at radius 2 is 2.17 bits per heavy atom. The van der Waals surface area contributed by atoms with Crippen molar-refractivity contribution in [1.82, 2.24) is 25.3 Å². The Bertz CT molecular complexity index is 1350. The highest BCUT2D eigenvalue weighted by atomic mass is 19.1. The highest BCUT2D eigenvalue weighted by molar-refractivity contribution is 6.00. The molecule has 1 saturated heterocycles. The zero-order valence-electron chi connectivity index (χ0n) is 22.0. The summed E-state index contributed by atoms with van der Waals surface area (Å²) in [5, 5.41) is 10.6. The predicted octanol–water partition coefficient (Wildman–Crippen LogP) is 2.09. The van der Waals surface area contributed by atoms with Gasteiger partial charge in [-0.05, 0) is 37.7 Å². The first-order valence-corrected chi connectivity index (χ1v) is 13.0. The maximum atomic E-state index is 15.1. The van der Waals surface area contributed by atoms with Crippen LogP contribution in [-0.2, 0) is 25.5 Å². The number of nitrogens with one attached hydrogen (secondary N) is 1. The fourth-order valence-electron chi connectivity index (χ4n) is 4.52. The van der Waals surface area contributed by atoms with Gasteiger partial charge in [-0.1, -0.05) is 11.3 Å². The first-order valence-electron chi connectivity index (χ1n) is 13.0. The van der Waals surface area contributed by atoms with E-state index in [1.54, 1.807) is 47.5 Å². The standard InChI is InChI=1S/C27H30FN7O5/c1-29-7-9-38-17-26(36)39-16-18-10-25(30-12-18)24-5-2-19(13-31-24)22-4-3-20(11-23(22)28)35-15-21(40-27(35)37)14-34-8-6-32-33-34/h2-6,8,11,13,18,21,29H,7,9-10,12,14-17H2,1H3/t18-,21+/m1/s1. The number of halogens is 1. The second-order valence-corrected chi connectivity index (χ2v) is 9.53. The summed E-state index contributed by atoms with van der Waals surface area (Å²) in [7, 11) is 1.81. The number of carbonyl (C=O) groups excluding carboxylic acids is 2. The number of nitrogens with zero attached hydrogens (tertiary/aromatic N) is 6. The van der Waals surface area contributed by atoms with Gasteiger partial charge >= 0.3 is 12.1 Å². The number of cyclic esters (lactones) is 1. The molecule has 0 spiro atoms. The molecule has 12 nitrogen and oxygen atoms in total. The van der Waals surface area contributed by atoms with Crippen LogP contribution in [0.4, 0.5) is 14.9 Å². The van der Waals surface area contributed by atoms with Crippen LogP contribution in [0.3, 0.4) is 0 Å². The number of aliphatic imine (C=N–C) groups is 1. The normalized spacial score (nSPS) is 18.6. The fourth-order valence-corrected chi connectivity index (χ4v) is 4.52. The first-order chi connectivity index (χ1) is 19.5. The number of amides is 1. The van der Waals surface area contributed by atoms with E-state index in [0.717, 1.165) is 5.71 Å². The van der Waals surface area contributed by atoms with Gasteiger partial charge < -0.3 is 19.5 Å². The van der Waals surface area contributed by atoms with Crippen LogP contribution in [0.2, 0.25) is 0 Å². The largest absolute Gasteiger partial charge is 0.464 e. The van der Waals surface area contributed by atoms with Gasteiger partial charge in [-0.2, -0.15) is 0 Å². The molecule has 1 N–H and O–H groups in total. The summed E-state index contributed by atoms with van der Waals surface area (Å²) in [6, 6.07) is 8.22. The van der Waals surface area contributed by atoms with E-state index in [9.17, 15) is 9.59 Å². The number of anilines is 1. The Kier molecular flexibility index (Phi) is 8.71. The van der Waals surface area contributed by atoms with Crippen LogP contribution in [0.5, 0.6) is 0 Å². The lowest BCUT2D eigenvalue weighted by Gasteiger charge is -2.14. The van der Waals surface area contributed by atoms with E-state index in [0.29, 0.717) is 55.2 Å². The highest BCUT2D eigenvalue weighted by Crippen LogP contribution is 2.29. The lowest BCUT2D eigenvalue weighted by atomic mass is 10.0. The molecular formula is C27H30FN7O5. The molecule has 2 atom stereocenters. The lowest BCUT2D eigenvalue weighted by molar-refractivity contribution is -0.150. The summed E-state index contributed by atoms with van der Waals surface area (Å²) in [6.07, 6.45) is 4.52. The van der Waals surface area contributed by atoms with E-state index in [-0.39, 0.29) is 25.7 Å². The SMILES string of the molecule is CNCCOCC(=O)OC[C@H]1CN=C(c2ccc(-c3ccc(N4C[C@H](Cn5ccnn5)OC4=O)cc3F)cn2)C1. The molecule has 5 rings (SSSR count). The van der Waals surface area contributed by atoms with Crippen LogP contribution >= 0.6 is 0 Å². The second kappa shape index (κ2) is 12.7. The summed E-state index contributed by atoms with van der Waals surface area (Å²) in [5.41, 5.74) is 2.89. The minimum Gasteiger partial charge on any atom is -0.464 e. The first kappa shape index (κ1) is 27.3. The number of likely N-dealkylation sites (N-methyl/N-ethyl adjacent to an activating group) is 1. The van der Waals surface area contributed by atoms with Crippen molar-refractivity contribution in [2.24, 2.45) is 10.9 Å². The van der Waals surface area contributed by atoms with E-state index < -0.39 is 24.0 Å². The Hall–Kier alpha value is -4.23. The maximum absolute atomic E-state index is 15.1. The number of carbonyl (C=O) groups is 2. The average Bonchev–Trinajstić information content (AvgIpc) is 3.72. The van der Waals surface area contributed by atoms with Crippen molar-refractivity contribution in [3.63, 3.8) is 0 Å². The molecule has 210 valence electrons. The smallest absolute Gasteiger partial charge is 0.414 e. The molecule has 40 heavy (non-hydrogen) atoms. The second-order valence-electron chi connectivity index (χ2n) is 9.53. The van der Waals surface area contributed by atoms with Gasteiger partial charge in [0.2, 0.25) is 0 Å². The van der Waals surface area contributed by atoms with Crippen LogP contribution in [0.25, 0.3) is 11.1 Å². The van der Waals surface area contributed by atoms with Gasteiger partial charge in [0.05, 0.1) is 49.6 Å². The topological polar surface area (TPSA) is 133 Å². The van der Waals surface area contributed by atoms with Crippen molar-refractivity contribution in [1.29, 1.82) is 0 Å². The number of esters is 1. The molecule has 0 aliphatic carbocycles. The molecule has 2 aliphatic rings. The molecule has 1 amide bonds. The Morgan fingerprint density at radius 3 is 2.92 bits per heavy atom. The van der Waals surface area contributed by atoms with E-state index in [4.69, 9.17) is 14.2 Å². The molecular weight excluding hydrogens is 521 g/mol. The molecule has 13 heteroatoms. The summed E-state index contributed by atoms with van der Waals surface area (Å²) < 4.78 is 32.6. The van der Waals surface area contributed by atoms with Gasteiger partial charge in [0, 0.05) is 42.5 Å². The third-order valence-corrected chi connectivity index (χ3v) is 6.59. The zero-order valence-corrected chi connectivity index (χ0v) is 22.0. The van der Waals surface area contributed by atoms with Gasteiger partial charge in [-0.25, -0.2) is 18.7 Å². The van der Waals surface area contributed by atoms with Crippen molar-refractivity contribution in [3.05, 3.63) is 60.4 Å². The summed E-state index contributed by atoms with van der Waals surface area (Å²) >= 11 is 0. The summed E-state index contributed by atoms with van der Waals surface area (Å²) in [4.78, 5) is 34.7. The van der Waals surface area contributed by atoms with Gasteiger partial charge in [-0.15, -0.1) is 5.10 Å². The molecule has 0 unspecified atom stereocenters. The van der Waals surface area contributed by atoms with E-state index >= 15 is 4.39 Å². The molecule has 2 aliphatic heterocycles. The van der Waals surface area contributed by atoms with Crippen LogP contribution in [0.1, 0.15) is 12.1 Å². The van der Waals surface area contributed by atoms with Gasteiger partial charge in [-0.3, -0.25) is 14.9 Å². The van der Waals surface area contributed by atoms with Gasteiger partial charge in [0.25, 0.3) is 0 Å². The number of rotatable bonds is 12. The van der Waals surface area contributed by atoms with Crippen molar-refractivity contribution < 1.29 is 28.2 Å². The average molecular weight is 552 g/mol. The monoisotopic (exact) mass is 551 g/mol. The van der Waals surface area contributed by atoms with E-state index in [1.807, 2.05) is 7.05 Å². The summed E-state index contributed by atoms with van der Waals surface area (Å²) in [6.45, 7) is 2.49. The highest BCUT2D eigenvalue weighted by Gasteiger charge is 2.33. The third-order valence-electron chi connectivity index (χ3n) is 6.59. The minimum absolute atomic E-state index is 0.0741. The molecule has 0 saturated carbocycles. The number of hydrogen-bond acceptors (Lipinski definition) is 10. The Morgan fingerprint density at radius 1 is 1.27 bits per heavy atom. The molecule has 3 aromatic rings. The lowest BCUT2D eigenvalue weighted by Crippen LogP contribution is -2.26. The number of benzene rings is 1. The predicted molar refractivity (Wildman–Crippen MR) is 142 cm³/mol. The fraction of sp³-hybridized carbons (Fsp3) is 0.407. The number of ether oxygens (including phenoxy) is 3. The third kappa shape index (κ3) is 6.66. The van der Waals surface area contributed by atoms with Crippen molar-refractivity contribution in [2.75, 3.05) is 51.4 Å². The summed E-state index contributed by atoms with van der Waals surface area (Å²) in [5.74, 6) is -0.793. The van der Waals surface area contributed by atoms with E-state index in [1.165, 1.54) is 11.0 Å². The molecule has 1 fully saturated rings. The molecule has 4 heterocycles.